The van der Waals surface area contributed by atoms with Crippen molar-refractivity contribution in [1.82, 2.24) is 15.2 Å². The van der Waals surface area contributed by atoms with Crippen molar-refractivity contribution in [3.05, 3.63) is 52.2 Å². The number of nitriles is 1. The molecule has 2 aliphatic heterocycles. The fourth-order valence-corrected chi connectivity index (χ4v) is 3.56. The van der Waals surface area contributed by atoms with Crippen molar-refractivity contribution >= 4 is 29.3 Å². The third-order valence-corrected chi connectivity index (χ3v) is 5.10. The predicted molar refractivity (Wildman–Crippen MR) is 95.4 cm³/mol. The van der Waals surface area contributed by atoms with Crippen LogP contribution in [-0.2, 0) is 16.1 Å². The number of carbonyl (C=O) groups excluding carboxylic acids is 3. The van der Waals surface area contributed by atoms with Crippen molar-refractivity contribution in [2.24, 2.45) is 0 Å². The van der Waals surface area contributed by atoms with Crippen LogP contribution >= 0.6 is 11.6 Å². The molecule has 27 heavy (non-hydrogen) atoms. The summed E-state index contributed by atoms with van der Waals surface area (Å²) in [6.07, 6.45) is 1.96. The first kappa shape index (κ1) is 17.2. The average Bonchev–Trinajstić information content (AvgIpc) is 2.98. The molecule has 1 aromatic heterocycles. The average molecular weight is 381 g/mol. The van der Waals surface area contributed by atoms with Gasteiger partial charge in [0.05, 0.1) is 16.3 Å². The molecule has 1 fully saturated rings. The van der Waals surface area contributed by atoms with Gasteiger partial charge in [-0.25, -0.2) is 0 Å². The summed E-state index contributed by atoms with van der Waals surface area (Å²) in [6.45, 7) is 0.285. The zero-order valence-electron chi connectivity index (χ0n) is 14.0. The third-order valence-electron chi connectivity index (χ3n) is 4.80. The minimum atomic E-state index is -0.648. The van der Waals surface area contributed by atoms with E-state index in [9.17, 15) is 14.4 Å². The quantitative estimate of drug-likeness (QED) is 0.803. The SMILES string of the molecule is N#Cc1cc(-c2ccc3c(c2)CN(C2CCC(=O)NC2=O)C3=O)ncc1Cl. The van der Waals surface area contributed by atoms with Crippen LogP contribution in [0.4, 0.5) is 0 Å². The summed E-state index contributed by atoms with van der Waals surface area (Å²) in [5, 5.41) is 11.7. The molecule has 0 radical (unpaired) electrons. The van der Waals surface area contributed by atoms with E-state index in [4.69, 9.17) is 16.9 Å². The molecule has 1 aromatic carbocycles. The number of nitrogens with zero attached hydrogens (tertiary/aromatic N) is 3. The number of carbonyl (C=O) groups is 3. The second-order valence-corrected chi connectivity index (χ2v) is 6.84. The van der Waals surface area contributed by atoms with Crippen molar-refractivity contribution in [2.45, 2.75) is 25.4 Å². The van der Waals surface area contributed by atoms with Gasteiger partial charge in [0.2, 0.25) is 11.8 Å². The van der Waals surface area contributed by atoms with Crippen molar-refractivity contribution in [3.8, 4) is 17.3 Å². The molecule has 134 valence electrons. The Morgan fingerprint density at radius 2 is 2.07 bits per heavy atom. The Bertz CT molecular complexity index is 1040. The van der Waals surface area contributed by atoms with Gasteiger partial charge in [-0.05, 0) is 30.2 Å². The summed E-state index contributed by atoms with van der Waals surface area (Å²) in [7, 11) is 0. The summed E-state index contributed by atoms with van der Waals surface area (Å²) in [5.74, 6) is -0.983. The van der Waals surface area contributed by atoms with Crippen LogP contribution in [-0.4, -0.2) is 33.6 Å². The van der Waals surface area contributed by atoms with Gasteiger partial charge in [0.15, 0.2) is 0 Å². The normalized spacial score (nSPS) is 18.9. The lowest BCUT2D eigenvalue weighted by atomic mass is 10.0. The van der Waals surface area contributed by atoms with Crippen LogP contribution in [0, 0.1) is 11.3 Å². The second-order valence-electron chi connectivity index (χ2n) is 6.43. The van der Waals surface area contributed by atoms with E-state index < -0.39 is 11.9 Å². The maximum absolute atomic E-state index is 12.7. The zero-order chi connectivity index (χ0) is 19.1. The molecule has 3 amide bonds. The van der Waals surface area contributed by atoms with Crippen molar-refractivity contribution in [1.29, 1.82) is 5.26 Å². The van der Waals surface area contributed by atoms with Crippen LogP contribution in [0.3, 0.4) is 0 Å². The molecule has 0 bridgehead atoms. The van der Waals surface area contributed by atoms with Crippen LogP contribution in [0.2, 0.25) is 5.02 Å². The number of rotatable bonds is 2. The number of fused-ring (bicyclic) bond motifs is 1. The first-order chi connectivity index (χ1) is 13.0. The molecule has 1 saturated heterocycles. The molecular formula is C19H13ClN4O3. The molecule has 2 aromatic rings. The number of hydrogen-bond acceptors (Lipinski definition) is 5. The number of imide groups is 1. The molecule has 0 aliphatic carbocycles. The van der Waals surface area contributed by atoms with Gasteiger partial charge in [-0.1, -0.05) is 17.7 Å². The number of piperidine rings is 1. The van der Waals surface area contributed by atoms with E-state index in [-0.39, 0.29) is 29.8 Å². The van der Waals surface area contributed by atoms with Gasteiger partial charge in [0.1, 0.15) is 12.1 Å². The fraction of sp³-hybridized carbons (Fsp3) is 0.211. The van der Waals surface area contributed by atoms with Crippen LogP contribution in [0.1, 0.15) is 34.3 Å². The maximum atomic E-state index is 12.7. The first-order valence-electron chi connectivity index (χ1n) is 8.31. The number of pyridine rings is 1. The highest BCUT2D eigenvalue weighted by Gasteiger charge is 2.39. The standard InChI is InChI=1S/C19H13ClN4O3/c20-14-8-22-15(6-11(14)7-21)10-1-2-13-12(5-10)9-24(19(13)27)16-3-4-17(25)23-18(16)26/h1-2,5-6,8,16H,3-4,9H2,(H,23,25,26). The van der Waals surface area contributed by atoms with Gasteiger partial charge in [0, 0.05) is 30.3 Å². The minimum Gasteiger partial charge on any atom is -0.322 e. The van der Waals surface area contributed by atoms with Gasteiger partial charge >= 0.3 is 0 Å². The summed E-state index contributed by atoms with van der Waals surface area (Å²) in [4.78, 5) is 41.9. The molecule has 2 aliphatic rings. The van der Waals surface area contributed by atoms with E-state index in [1.165, 1.54) is 11.1 Å². The lowest BCUT2D eigenvalue weighted by molar-refractivity contribution is -0.136. The molecule has 0 saturated carbocycles. The van der Waals surface area contributed by atoms with E-state index in [2.05, 4.69) is 10.3 Å². The molecule has 3 heterocycles. The van der Waals surface area contributed by atoms with Crippen LogP contribution < -0.4 is 5.32 Å². The van der Waals surface area contributed by atoms with E-state index in [1.807, 2.05) is 12.1 Å². The lowest BCUT2D eigenvalue weighted by Crippen LogP contribution is -2.52. The van der Waals surface area contributed by atoms with Gasteiger partial charge in [0.25, 0.3) is 5.91 Å². The Kier molecular flexibility index (Phi) is 4.13. The molecule has 1 unspecified atom stereocenters. The summed E-state index contributed by atoms with van der Waals surface area (Å²) >= 11 is 5.93. The summed E-state index contributed by atoms with van der Waals surface area (Å²) in [5.41, 5.74) is 2.95. The van der Waals surface area contributed by atoms with E-state index in [0.717, 1.165) is 11.1 Å². The second kappa shape index (κ2) is 6.49. The zero-order valence-corrected chi connectivity index (χ0v) is 14.8. The largest absolute Gasteiger partial charge is 0.322 e. The van der Waals surface area contributed by atoms with Crippen molar-refractivity contribution in [2.75, 3.05) is 0 Å². The van der Waals surface area contributed by atoms with E-state index in [1.54, 1.807) is 18.2 Å². The number of nitrogens with one attached hydrogen (secondary N) is 1. The fourth-order valence-electron chi connectivity index (χ4n) is 3.42. The molecule has 8 heteroatoms. The molecule has 1 atom stereocenters. The highest BCUT2D eigenvalue weighted by molar-refractivity contribution is 6.31. The third kappa shape index (κ3) is 2.94. The van der Waals surface area contributed by atoms with Gasteiger partial charge in [-0.15, -0.1) is 0 Å². The van der Waals surface area contributed by atoms with Crippen LogP contribution in [0.15, 0.2) is 30.5 Å². The molecular weight excluding hydrogens is 368 g/mol. The Balaban J connectivity index is 1.64. The monoisotopic (exact) mass is 380 g/mol. The van der Waals surface area contributed by atoms with Gasteiger partial charge in [-0.2, -0.15) is 5.26 Å². The number of halogens is 1. The predicted octanol–water partition coefficient (Wildman–Crippen LogP) is 2.03. The van der Waals surface area contributed by atoms with Gasteiger partial charge < -0.3 is 4.90 Å². The Labute approximate surface area is 159 Å². The Morgan fingerprint density at radius 3 is 2.81 bits per heavy atom. The van der Waals surface area contributed by atoms with Crippen molar-refractivity contribution < 1.29 is 14.4 Å². The lowest BCUT2D eigenvalue weighted by Gasteiger charge is -2.29. The van der Waals surface area contributed by atoms with Crippen molar-refractivity contribution in [3.63, 3.8) is 0 Å². The van der Waals surface area contributed by atoms with E-state index in [0.29, 0.717) is 23.2 Å². The topological polar surface area (TPSA) is 103 Å². The molecule has 0 spiro atoms. The van der Waals surface area contributed by atoms with E-state index >= 15 is 0 Å². The summed E-state index contributed by atoms with van der Waals surface area (Å²) < 4.78 is 0. The number of aromatic nitrogens is 1. The smallest absolute Gasteiger partial charge is 0.255 e. The Morgan fingerprint density at radius 1 is 1.26 bits per heavy atom. The number of amides is 3. The molecule has 7 nitrogen and oxygen atoms in total. The molecule has 4 rings (SSSR count). The Hall–Kier alpha value is -3.24. The highest BCUT2D eigenvalue weighted by Crippen LogP contribution is 2.31. The first-order valence-corrected chi connectivity index (χ1v) is 8.69. The van der Waals surface area contributed by atoms with Crippen LogP contribution in [0.25, 0.3) is 11.3 Å². The number of benzene rings is 1. The molecule has 1 N–H and O–H groups in total. The highest BCUT2D eigenvalue weighted by atomic mass is 35.5. The minimum absolute atomic E-state index is 0.216. The van der Waals surface area contributed by atoms with Crippen LogP contribution in [0.5, 0.6) is 0 Å². The van der Waals surface area contributed by atoms with Gasteiger partial charge in [-0.3, -0.25) is 24.7 Å². The maximum Gasteiger partial charge on any atom is 0.255 e. The number of hydrogen-bond donors (Lipinski definition) is 1. The summed E-state index contributed by atoms with van der Waals surface area (Å²) in [6, 6.07) is 8.24.